The third kappa shape index (κ3) is 25.0. The van der Waals surface area contributed by atoms with E-state index in [0.29, 0.717) is 13.2 Å². The van der Waals surface area contributed by atoms with Crippen molar-refractivity contribution >= 4 is 29.7 Å². The summed E-state index contributed by atoms with van der Waals surface area (Å²) in [6, 6.07) is 0. The van der Waals surface area contributed by atoms with Crippen LogP contribution in [0.5, 0.6) is 0 Å². The Kier molecular flexibility index (Phi) is 24.2. The first-order valence-corrected chi connectivity index (χ1v) is 15.8. The molecular weight excluding hydrogens is 419 g/mol. The van der Waals surface area contributed by atoms with Gasteiger partial charge in [0.2, 0.25) is 5.69 Å². The second-order valence-corrected chi connectivity index (χ2v) is 13.3. The van der Waals surface area contributed by atoms with E-state index in [4.69, 9.17) is 20.9 Å². The highest BCUT2D eigenvalue weighted by atomic mass is 32.9. The van der Waals surface area contributed by atoms with Crippen LogP contribution in [0.15, 0.2) is 0 Å². The summed E-state index contributed by atoms with van der Waals surface area (Å²) in [5, 5.41) is 6.40. The minimum absolute atomic E-state index is 0.691. The van der Waals surface area contributed by atoms with Gasteiger partial charge >= 0.3 is 0 Å². The van der Waals surface area contributed by atoms with Gasteiger partial charge in [-0.05, 0) is 64.7 Å². The molecule has 0 fully saturated rings. The molecule has 2 N–H and O–H groups in total. The second-order valence-electron chi connectivity index (χ2n) is 8.00. The van der Waals surface area contributed by atoms with Crippen molar-refractivity contribution in [3.8, 4) is 0 Å². The van der Waals surface area contributed by atoms with E-state index >= 15 is 0 Å². The monoisotopic (exact) mass is 468 g/mol. The lowest BCUT2D eigenvalue weighted by molar-refractivity contribution is 0.250. The molecule has 176 valence electrons. The summed E-state index contributed by atoms with van der Waals surface area (Å²) in [5.41, 5.74) is -2.33. The third-order valence-electron chi connectivity index (χ3n) is 5.15. The van der Waals surface area contributed by atoms with Crippen LogP contribution in [-0.4, -0.2) is 40.4 Å². The Balaban J connectivity index is 3.31. The van der Waals surface area contributed by atoms with E-state index in [1.165, 1.54) is 89.9 Å². The third-order valence-corrected chi connectivity index (χ3v) is 7.49. The van der Waals surface area contributed by atoms with Crippen LogP contribution < -0.4 is 10.6 Å². The highest BCUT2D eigenvalue weighted by molar-refractivity contribution is 8.60. The SMILES string of the molecule is CNCCCCCCCCCCOP(=S)(S)OCCCCCCCCCCNC. The molecule has 0 heterocycles. The Morgan fingerprint density at radius 1 is 0.552 bits per heavy atom. The fraction of sp³-hybridized carbons (Fsp3) is 1.00. The van der Waals surface area contributed by atoms with E-state index < -0.39 is 5.69 Å². The van der Waals surface area contributed by atoms with Crippen LogP contribution in [0.1, 0.15) is 103 Å². The maximum atomic E-state index is 5.75. The standard InChI is InChI=1S/C22H49N2O2PS2/c1-23-19-15-11-7-3-5-9-13-17-21-25-27(28,29)26-22-18-14-10-6-4-8-12-16-20-24-2/h23-24H,3-22H2,1-2H3,(H,28,29). The minimum atomic E-state index is -2.33. The van der Waals surface area contributed by atoms with Gasteiger partial charge in [-0.1, -0.05) is 89.3 Å². The molecule has 29 heavy (non-hydrogen) atoms. The first-order valence-electron chi connectivity index (χ1n) is 12.0. The van der Waals surface area contributed by atoms with E-state index in [2.05, 4.69) is 22.9 Å². The molecular formula is C22H49N2O2PS2. The summed E-state index contributed by atoms with van der Waals surface area (Å²) in [5.74, 6) is 0. The summed E-state index contributed by atoms with van der Waals surface area (Å²) in [6.07, 6.45) is 20.5. The number of thiol groups is 1. The quantitative estimate of drug-likeness (QED) is 0.0821. The number of hydrogen-bond acceptors (Lipinski definition) is 5. The number of hydrogen-bond donors (Lipinski definition) is 3. The molecule has 4 nitrogen and oxygen atoms in total. The molecule has 0 aromatic heterocycles. The number of nitrogens with one attached hydrogen (secondary N) is 2. The van der Waals surface area contributed by atoms with Gasteiger partial charge < -0.3 is 19.7 Å². The van der Waals surface area contributed by atoms with Crippen molar-refractivity contribution in [3.05, 3.63) is 0 Å². The summed E-state index contributed by atoms with van der Waals surface area (Å²) in [7, 11) is 4.04. The molecule has 0 spiro atoms. The van der Waals surface area contributed by atoms with Crippen LogP contribution in [0.2, 0.25) is 0 Å². The molecule has 0 aromatic rings. The first-order chi connectivity index (χ1) is 14.1. The van der Waals surface area contributed by atoms with Gasteiger partial charge in [-0.25, -0.2) is 0 Å². The first kappa shape index (κ1) is 29.8. The molecule has 0 aliphatic rings. The highest BCUT2D eigenvalue weighted by Gasteiger charge is 2.12. The lowest BCUT2D eigenvalue weighted by Crippen LogP contribution is -2.06. The Hall–Kier alpha value is 0.840. The van der Waals surface area contributed by atoms with Crippen molar-refractivity contribution in [2.24, 2.45) is 0 Å². The zero-order chi connectivity index (χ0) is 21.5. The zero-order valence-electron chi connectivity index (χ0n) is 19.3. The van der Waals surface area contributed by atoms with Crippen LogP contribution in [-0.2, 0) is 20.9 Å². The van der Waals surface area contributed by atoms with Crippen molar-refractivity contribution < 1.29 is 9.05 Å². The van der Waals surface area contributed by atoms with E-state index in [9.17, 15) is 0 Å². The van der Waals surface area contributed by atoms with E-state index in [-0.39, 0.29) is 0 Å². The van der Waals surface area contributed by atoms with Gasteiger partial charge in [0.15, 0.2) is 0 Å². The predicted octanol–water partition coefficient (Wildman–Crippen LogP) is 6.85. The van der Waals surface area contributed by atoms with Crippen molar-refractivity contribution in [2.75, 3.05) is 40.4 Å². The van der Waals surface area contributed by atoms with Gasteiger partial charge in [-0.3, -0.25) is 0 Å². The molecule has 7 heteroatoms. The van der Waals surface area contributed by atoms with E-state index in [1.807, 2.05) is 14.1 Å². The molecule has 0 radical (unpaired) electrons. The normalized spacial score (nSPS) is 12.0. The van der Waals surface area contributed by atoms with Crippen LogP contribution >= 0.6 is 17.9 Å². The van der Waals surface area contributed by atoms with Crippen molar-refractivity contribution in [1.29, 1.82) is 0 Å². The topological polar surface area (TPSA) is 42.5 Å². The van der Waals surface area contributed by atoms with Crippen LogP contribution in [0.3, 0.4) is 0 Å². The Labute approximate surface area is 192 Å². The molecule has 0 aliphatic carbocycles. The smallest absolute Gasteiger partial charge is 0.244 e. The molecule has 0 amide bonds. The molecule has 0 atom stereocenters. The van der Waals surface area contributed by atoms with Crippen molar-refractivity contribution in [1.82, 2.24) is 10.6 Å². The number of rotatable bonds is 24. The zero-order valence-corrected chi connectivity index (χ0v) is 21.9. The van der Waals surface area contributed by atoms with Gasteiger partial charge in [0.1, 0.15) is 0 Å². The summed E-state index contributed by atoms with van der Waals surface area (Å²) < 4.78 is 11.5. The molecule has 0 rings (SSSR count). The molecule has 0 bridgehead atoms. The minimum Gasteiger partial charge on any atom is -0.322 e. The largest absolute Gasteiger partial charge is 0.322 e. The Morgan fingerprint density at radius 2 is 0.828 bits per heavy atom. The highest BCUT2D eigenvalue weighted by Crippen LogP contribution is 2.53. The summed E-state index contributed by atoms with van der Waals surface area (Å²) in [6.45, 7) is 3.67. The van der Waals surface area contributed by atoms with E-state index in [0.717, 1.165) is 25.9 Å². The molecule has 0 aliphatic heterocycles. The Morgan fingerprint density at radius 3 is 1.14 bits per heavy atom. The van der Waals surface area contributed by atoms with Gasteiger partial charge in [0.25, 0.3) is 0 Å². The summed E-state index contributed by atoms with van der Waals surface area (Å²) in [4.78, 5) is 0. The average Bonchev–Trinajstić information content (AvgIpc) is 2.70. The fourth-order valence-corrected chi connectivity index (χ4v) is 5.06. The van der Waals surface area contributed by atoms with Gasteiger partial charge in [0.05, 0.1) is 13.2 Å². The Bertz CT molecular complexity index is 347. The second kappa shape index (κ2) is 23.5. The van der Waals surface area contributed by atoms with Gasteiger partial charge in [-0.2, -0.15) is 0 Å². The predicted molar refractivity (Wildman–Crippen MR) is 137 cm³/mol. The molecule has 0 saturated heterocycles. The van der Waals surface area contributed by atoms with Crippen LogP contribution in [0.4, 0.5) is 0 Å². The fourth-order valence-electron chi connectivity index (χ4n) is 3.33. The number of unbranched alkanes of at least 4 members (excludes halogenated alkanes) is 14. The molecule has 0 aromatic carbocycles. The van der Waals surface area contributed by atoms with Crippen molar-refractivity contribution in [2.45, 2.75) is 103 Å². The maximum absolute atomic E-state index is 5.75. The average molecular weight is 469 g/mol. The van der Waals surface area contributed by atoms with Crippen LogP contribution in [0, 0.1) is 0 Å². The molecule has 0 unspecified atom stereocenters. The van der Waals surface area contributed by atoms with Gasteiger partial charge in [-0.15, -0.1) is 0 Å². The van der Waals surface area contributed by atoms with E-state index in [1.54, 1.807) is 0 Å². The maximum Gasteiger partial charge on any atom is 0.244 e. The lowest BCUT2D eigenvalue weighted by atomic mass is 10.1. The molecule has 0 saturated carbocycles. The summed E-state index contributed by atoms with van der Waals surface area (Å²) >= 11 is 9.86. The van der Waals surface area contributed by atoms with Crippen LogP contribution in [0.25, 0.3) is 0 Å². The van der Waals surface area contributed by atoms with Gasteiger partial charge in [0, 0.05) is 0 Å². The lowest BCUT2D eigenvalue weighted by Gasteiger charge is -2.16. The van der Waals surface area contributed by atoms with Crippen molar-refractivity contribution in [3.63, 3.8) is 0 Å².